The molecule has 0 radical (unpaired) electrons. The Balaban J connectivity index is 2.96. The van der Waals surface area contributed by atoms with Gasteiger partial charge in [-0.1, -0.05) is 20.8 Å². The molecule has 1 rings (SSSR count). The van der Waals surface area contributed by atoms with E-state index in [0.717, 1.165) is 6.42 Å². The summed E-state index contributed by atoms with van der Waals surface area (Å²) in [6.07, 6.45) is 1.18. The van der Waals surface area contributed by atoms with Crippen LogP contribution in [0.1, 0.15) is 44.6 Å². The van der Waals surface area contributed by atoms with E-state index in [2.05, 4.69) is 5.32 Å². The summed E-state index contributed by atoms with van der Waals surface area (Å²) >= 11 is 0. The van der Waals surface area contributed by atoms with Crippen LogP contribution >= 0.6 is 0 Å². The van der Waals surface area contributed by atoms with Crippen molar-refractivity contribution in [3.05, 3.63) is 18.0 Å². The van der Waals surface area contributed by atoms with Crippen molar-refractivity contribution in [1.82, 2.24) is 14.2 Å². The molecule has 1 heterocycles. The monoisotopic (exact) mass is 373 g/mol. The molecule has 1 atom stereocenters. The van der Waals surface area contributed by atoms with Gasteiger partial charge in [-0.15, -0.1) is 0 Å². The second-order valence-electron chi connectivity index (χ2n) is 5.60. The molecule has 1 aromatic rings. The highest BCUT2D eigenvalue weighted by Crippen LogP contribution is 2.19. The minimum absolute atomic E-state index is 0.0220. The average molecular weight is 373 g/mol. The average Bonchev–Trinajstić information content (AvgIpc) is 2.96. The number of carbonyl (C=O) groups is 2. The summed E-state index contributed by atoms with van der Waals surface area (Å²) in [6.45, 7) is 8.05. The number of hydrogen-bond donors (Lipinski definition) is 1. The first kappa shape index (κ1) is 21.2. The summed E-state index contributed by atoms with van der Waals surface area (Å²) in [7, 11) is -2.11. The number of hydrogen-bond acceptors (Lipinski definition) is 5. The fourth-order valence-electron chi connectivity index (χ4n) is 2.26. The minimum atomic E-state index is -3.67. The van der Waals surface area contributed by atoms with Crippen LogP contribution in [0.5, 0.6) is 0 Å². The van der Waals surface area contributed by atoms with Gasteiger partial charge in [0.2, 0.25) is 10.0 Å². The molecule has 8 nitrogen and oxygen atoms in total. The third kappa shape index (κ3) is 5.05. The number of nitrogens with one attached hydrogen (secondary N) is 1. The Bertz CT molecular complexity index is 707. The number of nitrogens with zero attached hydrogens (tertiary/aromatic N) is 2. The zero-order valence-corrected chi connectivity index (χ0v) is 16.2. The van der Waals surface area contributed by atoms with Crippen molar-refractivity contribution in [2.24, 2.45) is 7.05 Å². The van der Waals surface area contributed by atoms with E-state index >= 15 is 0 Å². The van der Waals surface area contributed by atoms with Crippen molar-refractivity contribution >= 4 is 21.9 Å². The third-order valence-corrected chi connectivity index (χ3v) is 5.75. The third-order valence-electron chi connectivity index (χ3n) is 3.73. The largest absolute Gasteiger partial charge is 0.448 e. The van der Waals surface area contributed by atoms with Gasteiger partial charge in [-0.25, -0.2) is 13.2 Å². The zero-order chi connectivity index (χ0) is 19.2. The number of carbonyl (C=O) groups excluding carboxylic acids is 2. The molecule has 142 valence electrons. The van der Waals surface area contributed by atoms with E-state index in [1.165, 1.54) is 28.1 Å². The smallest absolute Gasteiger partial charge is 0.355 e. The van der Waals surface area contributed by atoms with E-state index < -0.39 is 22.1 Å². The van der Waals surface area contributed by atoms with Crippen molar-refractivity contribution in [3.63, 3.8) is 0 Å². The van der Waals surface area contributed by atoms with Crippen LogP contribution in [0, 0.1) is 0 Å². The van der Waals surface area contributed by atoms with Gasteiger partial charge in [-0.3, -0.25) is 4.79 Å². The van der Waals surface area contributed by atoms with Crippen molar-refractivity contribution in [2.45, 2.75) is 45.1 Å². The number of esters is 1. The summed E-state index contributed by atoms with van der Waals surface area (Å²) in [5.41, 5.74) is 0.0703. The van der Waals surface area contributed by atoms with Crippen LogP contribution in [0.2, 0.25) is 0 Å². The first-order valence-electron chi connectivity index (χ1n) is 8.34. The molecule has 0 bridgehead atoms. The highest BCUT2D eigenvalue weighted by atomic mass is 32.2. The SMILES string of the molecule is CCCNC(=O)C(C)OC(=O)c1cc(S(=O)(=O)N(CC)CC)cn1C. The molecule has 9 heteroatoms. The van der Waals surface area contributed by atoms with Crippen molar-refractivity contribution in [1.29, 1.82) is 0 Å². The lowest BCUT2D eigenvalue weighted by atomic mass is 10.3. The number of ether oxygens (including phenoxy) is 1. The van der Waals surface area contributed by atoms with Crippen molar-refractivity contribution in [3.8, 4) is 0 Å². The quantitative estimate of drug-likeness (QED) is 0.654. The van der Waals surface area contributed by atoms with Crippen LogP contribution < -0.4 is 5.32 Å². The summed E-state index contributed by atoms with van der Waals surface area (Å²) in [6, 6.07) is 1.27. The van der Waals surface area contributed by atoms with Crippen LogP contribution in [-0.4, -0.2) is 54.9 Å². The normalized spacial score (nSPS) is 12.9. The molecule has 1 aromatic heterocycles. The maximum absolute atomic E-state index is 12.5. The van der Waals surface area contributed by atoms with E-state index in [1.807, 2.05) is 6.92 Å². The predicted molar refractivity (Wildman–Crippen MR) is 93.7 cm³/mol. The fraction of sp³-hybridized carbons (Fsp3) is 0.625. The van der Waals surface area contributed by atoms with Gasteiger partial charge in [0.25, 0.3) is 5.91 Å². The van der Waals surface area contributed by atoms with Crippen LogP contribution in [0.25, 0.3) is 0 Å². The van der Waals surface area contributed by atoms with E-state index in [9.17, 15) is 18.0 Å². The van der Waals surface area contributed by atoms with Crippen LogP contribution in [0.15, 0.2) is 17.2 Å². The number of sulfonamides is 1. The summed E-state index contributed by atoms with van der Waals surface area (Å²) in [5, 5.41) is 2.64. The molecule has 1 unspecified atom stereocenters. The molecule has 0 aliphatic carbocycles. The number of rotatable bonds is 9. The molecule has 0 spiro atoms. The lowest BCUT2D eigenvalue weighted by Crippen LogP contribution is -2.36. The Morgan fingerprint density at radius 2 is 1.88 bits per heavy atom. The number of aryl methyl sites for hydroxylation is 1. The second-order valence-corrected chi connectivity index (χ2v) is 7.54. The molecule has 0 saturated carbocycles. The van der Waals surface area contributed by atoms with Gasteiger partial charge in [0, 0.05) is 32.9 Å². The first-order valence-corrected chi connectivity index (χ1v) is 9.78. The highest BCUT2D eigenvalue weighted by molar-refractivity contribution is 7.89. The van der Waals surface area contributed by atoms with E-state index in [1.54, 1.807) is 20.9 Å². The molecule has 0 saturated heterocycles. The summed E-state index contributed by atoms with van der Waals surface area (Å²) < 4.78 is 32.9. The zero-order valence-electron chi connectivity index (χ0n) is 15.4. The van der Waals surface area contributed by atoms with Gasteiger partial charge in [0.05, 0.1) is 0 Å². The Morgan fingerprint density at radius 3 is 2.40 bits per heavy atom. The maximum atomic E-state index is 12.5. The number of amides is 1. The molecule has 0 aliphatic heterocycles. The van der Waals surface area contributed by atoms with Gasteiger partial charge >= 0.3 is 5.97 Å². The standard InChI is InChI=1S/C16H27N3O5S/c1-6-9-17-15(20)12(4)24-16(21)14-10-13(11-18(14)5)25(22,23)19(7-2)8-3/h10-12H,6-9H2,1-5H3,(H,17,20). The summed E-state index contributed by atoms with van der Waals surface area (Å²) in [4.78, 5) is 24.1. The fourth-order valence-corrected chi connectivity index (χ4v) is 3.79. The molecule has 0 aliphatic rings. The van der Waals surface area contributed by atoms with E-state index in [4.69, 9.17) is 4.74 Å². The van der Waals surface area contributed by atoms with Crippen LogP contribution in [-0.2, 0) is 26.6 Å². The molecule has 1 N–H and O–H groups in total. The second kappa shape index (κ2) is 9.00. The number of aromatic nitrogens is 1. The molecular formula is C16H27N3O5S. The van der Waals surface area contributed by atoms with Gasteiger partial charge in [0.15, 0.2) is 6.10 Å². The Morgan fingerprint density at radius 1 is 1.28 bits per heavy atom. The Labute approximate surface area is 149 Å². The van der Waals surface area contributed by atoms with Crippen molar-refractivity contribution in [2.75, 3.05) is 19.6 Å². The predicted octanol–water partition coefficient (Wildman–Crippen LogP) is 1.13. The van der Waals surface area contributed by atoms with Gasteiger partial charge in [0.1, 0.15) is 10.6 Å². The topological polar surface area (TPSA) is 97.7 Å². The minimum Gasteiger partial charge on any atom is -0.448 e. The lowest BCUT2D eigenvalue weighted by molar-refractivity contribution is -0.129. The van der Waals surface area contributed by atoms with Crippen LogP contribution in [0.3, 0.4) is 0 Å². The molecule has 0 fully saturated rings. The van der Waals surface area contributed by atoms with Gasteiger partial charge < -0.3 is 14.6 Å². The van der Waals surface area contributed by atoms with Crippen LogP contribution in [0.4, 0.5) is 0 Å². The Hall–Kier alpha value is -1.87. The molecule has 1 amide bonds. The van der Waals surface area contributed by atoms with E-state index in [-0.39, 0.29) is 16.5 Å². The van der Waals surface area contributed by atoms with Gasteiger partial charge in [-0.05, 0) is 19.4 Å². The Kier molecular flexibility index (Phi) is 7.62. The molecular weight excluding hydrogens is 346 g/mol. The highest BCUT2D eigenvalue weighted by Gasteiger charge is 2.27. The van der Waals surface area contributed by atoms with Crippen molar-refractivity contribution < 1.29 is 22.7 Å². The lowest BCUT2D eigenvalue weighted by Gasteiger charge is -2.17. The first-order chi connectivity index (χ1) is 11.7. The summed E-state index contributed by atoms with van der Waals surface area (Å²) in [5.74, 6) is -1.14. The maximum Gasteiger partial charge on any atom is 0.355 e. The van der Waals surface area contributed by atoms with E-state index in [0.29, 0.717) is 19.6 Å². The molecule has 25 heavy (non-hydrogen) atoms. The molecule has 0 aromatic carbocycles. The van der Waals surface area contributed by atoms with Gasteiger partial charge in [-0.2, -0.15) is 4.31 Å².